The quantitative estimate of drug-likeness (QED) is 0.628. The minimum atomic E-state index is -0.468. The van der Waals surface area contributed by atoms with Crippen molar-refractivity contribution in [1.29, 1.82) is 5.26 Å². The van der Waals surface area contributed by atoms with E-state index in [4.69, 9.17) is 5.26 Å². The minimum absolute atomic E-state index is 0.0742. The van der Waals surface area contributed by atoms with Crippen LogP contribution in [0.3, 0.4) is 0 Å². The number of hydrogen-bond acceptors (Lipinski definition) is 5. The van der Waals surface area contributed by atoms with E-state index in [1.165, 1.54) is 6.07 Å². The number of nitro benzene ring substituents is 1. The van der Waals surface area contributed by atoms with Crippen molar-refractivity contribution in [2.75, 3.05) is 34.8 Å². The molecular formula is C19H19N5O3S. The molecule has 2 amide bonds. The Bertz CT molecular complexity index is 972. The molecule has 0 radical (unpaired) electrons. The van der Waals surface area contributed by atoms with Crippen LogP contribution in [-0.2, 0) is 10.7 Å². The van der Waals surface area contributed by atoms with Crippen LogP contribution < -0.4 is 10.2 Å². The average molecular weight is 397 g/mol. The Balaban J connectivity index is 1.65. The number of nitrogens with zero attached hydrogens (tertiary/aromatic N) is 4. The van der Waals surface area contributed by atoms with Gasteiger partial charge in [0.05, 0.1) is 16.6 Å². The Morgan fingerprint density at radius 1 is 1.25 bits per heavy atom. The fourth-order valence-corrected chi connectivity index (χ4v) is 4.41. The van der Waals surface area contributed by atoms with Gasteiger partial charge in [0.15, 0.2) is 0 Å². The van der Waals surface area contributed by atoms with E-state index >= 15 is 0 Å². The lowest BCUT2D eigenvalue weighted by atomic mass is 10.1. The van der Waals surface area contributed by atoms with E-state index in [0.29, 0.717) is 36.0 Å². The van der Waals surface area contributed by atoms with Crippen LogP contribution in [0.15, 0.2) is 46.8 Å². The van der Waals surface area contributed by atoms with Crippen LogP contribution in [0.4, 0.5) is 21.9 Å². The molecule has 0 saturated carbocycles. The molecule has 2 aromatic rings. The third-order valence-electron chi connectivity index (χ3n) is 4.35. The van der Waals surface area contributed by atoms with Gasteiger partial charge in [0, 0.05) is 36.3 Å². The van der Waals surface area contributed by atoms with Crippen LogP contribution in [0.1, 0.15) is 11.1 Å². The maximum atomic E-state index is 12.1. The van der Waals surface area contributed by atoms with Crippen molar-refractivity contribution in [3.05, 3.63) is 63.7 Å². The third-order valence-corrected chi connectivity index (χ3v) is 6.08. The third kappa shape index (κ3) is 4.72. The molecule has 0 atom stereocenters. The second kappa shape index (κ2) is 8.63. The highest BCUT2D eigenvalue weighted by atomic mass is 32.2. The van der Waals surface area contributed by atoms with E-state index in [9.17, 15) is 14.9 Å². The molecular weight excluding hydrogens is 378 g/mol. The lowest BCUT2D eigenvalue weighted by molar-refractivity contribution is -0.384. The lowest BCUT2D eigenvalue weighted by Crippen LogP contribution is -2.38. The van der Waals surface area contributed by atoms with Gasteiger partial charge in [-0.3, -0.25) is 10.1 Å². The Hall–Kier alpha value is -3.25. The molecule has 0 unspecified atom stereocenters. The zero-order valence-electron chi connectivity index (χ0n) is 15.3. The zero-order chi connectivity index (χ0) is 20.1. The summed E-state index contributed by atoms with van der Waals surface area (Å²) in [7, 11) is -0.421. The summed E-state index contributed by atoms with van der Waals surface area (Å²) in [5.41, 5.74) is 2.50. The molecule has 1 aliphatic heterocycles. The van der Waals surface area contributed by atoms with Crippen LogP contribution in [0, 0.1) is 28.4 Å². The Morgan fingerprint density at radius 3 is 2.54 bits per heavy atom. The van der Waals surface area contributed by atoms with Gasteiger partial charge < -0.3 is 10.2 Å². The Kier molecular flexibility index (Phi) is 6.01. The topological polar surface area (TPSA) is 112 Å². The molecule has 1 saturated heterocycles. The van der Waals surface area contributed by atoms with Gasteiger partial charge in [0.2, 0.25) is 0 Å². The standard InChI is InChI=1S/C19H19N5O3S/c1-14-2-5-16(6-3-14)21-19(25)22-28-10-8-23(9-11-28)17-7-4-15(13-20)12-18(17)24(26)27/h2-7,12H,8-11H2,1H3,(H,21,25). The fraction of sp³-hybridized carbons (Fsp3) is 0.263. The fourth-order valence-electron chi connectivity index (χ4n) is 2.88. The SMILES string of the molecule is Cc1ccc(NC(=O)N=S2CCN(c3ccc(C#N)cc3[N+](=O)[O-])CC2)cc1. The van der Waals surface area contributed by atoms with Crippen molar-refractivity contribution in [3.63, 3.8) is 0 Å². The number of urea groups is 1. The second-order valence-electron chi connectivity index (χ2n) is 6.32. The second-order valence-corrected chi connectivity index (χ2v) is 8.24. The molecule has 9 heteroatoms. The molecule has 0 aliphatic carbocycles. The number of benzene rings is 2. The van der Waals surface area contributed by atoms with E-state index in [0.717, 1.165) is 5.56 Å². The summed E-state index contributed by atoms with van der Waals surface area (Å²) >= 11 is 0. The first-order valence-corrected chi connectivity index (χ1v) is 10.2. The van der Waals surface area contributed by atoms with Crippen LogP contribution >= 0.6 is 0 Å². The van der Waals surface area contributed by atoms with Gasteiger partial charge in [-0.15, -0.1) is 0 Å². The number of nitriles is 1. The van der Waals surface area contributed by atoms with Gasteiger partial charge in [-0.2, -0.15) is 9.62 Å². The maximum absolute atomic E-state index is 12.1. The summed E-state index contributed by atoms with van der Waals surface area (Å²) in [4.78, 5) is 24.9. The summed E-state index contributed by atoms with van der Waals surface area (Å²) in [6, 6.07) is 13.5. The van der Waals surface area contributed by atoms with Gasteiger partial charge in [-0.1, -0.05) is 28.4 Å². The molecule has 2 aromatic carbocycles. The van der Waals surface area contributed by atoms with Crippen molar-refractivity contribution >= 4 is 33.8 Å². The Morgan fingerprint density at radius 2 is 1.93 bits per heavy atom. The first kappa shape index (κ1) is 19.5. The molecule has 1 N–H and O–H groups in total. The summed E-state index contributed by atoms with van der Waals surface area (Å²) in [6.07, 6.45) is 0. The summed E-state index contributed by atoms with van der Waals surface area (Å²) in [5.74, 6) is 1.30. The van der Waals surface area contributed by atoms with Crippen molar-refractivity contribution in [3.8, 4) is 6.07 Å². The van der Waals surface area contributed by atoms with Crippen molar-refractivity contribution in [2.24, 2.45) is 4.36 Å². The molecule has 28 heavy (non-hydrogen) atoms. The molecule has 8 nitrogen and oxygen atoms in total. The molecule has 1 heterocycles. The zero-order valence-corrected chi connectivity index (χ0v) is 16.1. The van der Waals surface area contributed by atoms with E-state index in [1.807, 2.05) is 42.2 Å². The van der Waals surface area contributed by atoms with E-state index in [1.54, 1.807) is 12.1 Å². The molecule has 0 aromatic heterocycles. The summed E-state index contributed by atoms with van der Waals surface area (Å²) in [6.45, 7) is 3.11. The van der Waals surface area contributed by atoms with Gasteiger partial charge in [-0.25, -0.2) is 4.79 Å². The maximum Gasteiger partial charge on any atom is 0.351 e. The first-order valence-electron chi connectivity index (χ1n) is 8.67. The summed E-state index contributed by atoms with van der Waals surface area (Å²) < 4.78 is 4.24. The number of nitrogens with one attached hydrogen (secondary N) is 1. The Labute approximate surface area is 165 Å². The molecule has 1 fully saturated rings. The molecule has 144 valence electrons. The van der Waals surface area contributed by atoms with Gasteiger partial charge in [-0.05, 0) is 31.2 Å². The molecule has 0 spiro atoms. The lowest BCUT2D eigenvalue weighted by Gasteiger charge is -2.29. The number of hydrogen-bond donors (Lipinski definition) is 1. The minimum Gasteiger partial charge on any atom is -0.364 e. The normalized spacial score (nSPS) is 14.2. The molecule has 1 aliphatic rings. The summed E-state index contributed by atoms with van der Waals surface area (Å²) in [5, 5.41) is 23.0. The number of rotatable bonds is 3. The van der Waals surface area contributed by atoms with Crippen LogP contribution in [0.5, 0.6) is 0 Å². The van der Waals surface area contributed by atoms with Crippen LogP contribution in [0.25, 0.3) is 0 Å². The molecule has 3 rings (SSSR count). The van der Waals surface area contributed by atoms with Gasteiger partial charge >= 0.3 is 6.03 Å². The number of carbonyl (C=O) groups is 1. The first-order chi connectivity index (χ1) is 13.5. The van der Waals surface area contributed by atoms with Gasteiger partial charge in [0.1, 0.15) is 5.69 Å². The van der Waals surface area contributed by atoms with Crippen molar-refractivity contribution in [2.45, 2.75) is 6.92 Å². The predicted octanol–water partition coefficient (Wildman–Crippen LogP) is 3.63. The van der Waals surface area contributed by atoms with Gasteiger partial charge in [0.25, 0.3) is 5.69 Å². The van der Waals surface area contributed by atoms with Crippen LogP contribution in [-0.4, -0.2) is 35.5 Å². The largest absolute Gasteiger partial charge is 0.364 e. The number of amides is 2. The smallest absolute Gasteiger partial charge is 0.351 e. The number of anilines is 2. The highest BCUT2D eigenvalue weighted by Gasteiger charge is 2.23. The van der Waals surface area contributed by atoms with E-state index in [-0.39, 0.29) is 17.3 Å². The predicted molar refractivity (Wildman–Crippen MR) is 110 cm³/mol. The average Bonchev–Trinajstić information content (AvgIpc) is 2.70. The van der Waals surface area contributed by atoms with Crippen molar-refractivity contribution < 1.29 is 9.72 Å². The number of nitro groups is 1. The van der Waals surface area contributed by atoms with E-state index in [2.05, 4.69) is 9.68 Å². The highest BCUT2D eigenvalue weighted by molar-refractivity contribution is 7.87. The van der Waals surface area contributed by atoms with E-state index < -0.39 is 15.6 Å². The van der Waals surface area contributed by atoms with Crippen LogP contribution in [0.2, 0.25) is 0 Å². The number of carbonyl (C=O) groups excluding carboxylic acids is 1. The highest BCUT2D eigenvalue weighted by Crippen LogP contribution is 2.30. The molecule has 0 bridgehead atoms. The number of aryl methyl sites for hydroxylation is 1. The van der Waals surface area contributed by atoms with Crippen molar-refractivity contribution in [1.82, 2.24) is 0 Å². The monoisotopic (exact) mass is 397 g/mol.